The minimum Gasteiger partial charge on any atom is -0.294 e. The first-order chi connectivity index (χ1) is 7.31. The molecular weight excluding hydrogens is 186 g/mol. The summed E-state index contributed by atoms with van der Waals surface area (Å²) in [6.45, 7) is 2.15. The van der Waals surface area contributed by atoms with E-state index in [9.17, 15) is 4.79 Å². The van der Waals surface area contributed by atoms with Crippen LogP contribution in [0.4, 0.5) is 5.69 Å². The van der Waals surface area contributed by atoms with E-state index in [1.54, 1.807) is 0 Å². The van der Waals surface area contributed by atoms with Gasteiger partial charge in [0.15, 0.2) is 5.78 Å². The molecule has 0 unspecified atom stereocenters. The molecule has 0 spiro atoms. The van der Waals surface area contributed by atoms with Crippen LogP contribution in [0.3, 0.4) is 0 Å². The zero-order valence-electron chi connectivity index (χ0n) is 8.99. The predicted molar refractivity (Wildman–Crippen MR) is 62.0 cm³/mol. The molecule has 1 aliphatic heterocycles. The second-order valence-electron chi connectivity index (χ2n) is 3.90. The molecule has 2 rings (SSSR count). The number of rotatable bonds is 3. The van der Waals surface area contributed by atoms with Crippen molar-refractivity contribution >= 4 is 17.2 Å². The number of hydrogen-bond acceptors (Lipinski definition) is 2. The number of aliphatic imine (C=N–C) groups is 1. The Morgan fingerprint density at radius 3 is 2.93 bits per heavy atom. The lowest BCUT2D eigenvalue weighted by Gasteiger charge is -2.13. The Morgan fingerprint density at radius 2 is 2.13 bits per heavy atom. The first-order valence-electron chi connectivity index (χ1n) is 5.50. The number of benzene rings is 1. The Kier molecular flexibility index (Phi) is 2.95. The molecule has 2 nitrogen and oxygen atoms in total. The largest absolute Gasteiger partial charge is 0.294 e. The number of hydrogen-bond donors (Lipinski definition) is 0. The molecule has 1 aromatic rings. The molecule has 0 fully saturated rings. The van der Waals surface area contributed by atoms with Crippen molar-refractivity contribution in [3.05, 3.63) is 29.8 Å². The highest BCUT2D eigenvalue weighted by Crippen LogP contribution is 2.26. The maximum Gasteiger partial charge on any atom is 0.170 e. The Hall–Kier alpha value is -1.44. The van der Waals surface area contributed by atoms with E-state index in [1.165, 1.54) is 0 Å². The molecule has 1 aromatic carbocycles. The summed E-state index contributed by atoms with van der Waals surface area (Å²) in [6.07, 6.45) is 3.73. The van der Waals surface area contributed by atoms with E-state index in [-0.39, 0.29) is 5.78 Å². The predicted octanol–water partition coefficient (Wildman–Crippen LogP) is 3.54. The molecule has 0 amide bonds. The summed E-state index contributed by atoms with van der Waals surface area (Å²) in [5.41, 5.74) is 2.66. The molecule has 0 N–H and O–H groups in total. The van der Waals surface area contributed by atoms with Crippen LogP contribution in [0, 0.1) is 0 Å². The van der Waals surface area contributed by atoms with Crippen molar-refractivity contribution < 1.29 is 4.79 Å². The molecule has 0 bridgehead atoms. The van der Waals surface area contributed by atoms with Gasteiger partial charge < -0.3 is 0 Å². The van der Waals surface area contributed by atoms with Crippen LogP contribution in [0.1, 0.15) is 43.0 Å². The molecule has 15 heavy (non-hydrogen) atoms. The third-order valence-corrected chi connectivity index (χ3v) is 2.67. The Labute approximate surface area is 90.0 Å². The number of carbonyl (C=O) groups is 1. The van der Waals surface area contributed by atoms with Gasteiger partial charge in [-0.3, -0.25) is 9.79 Å². The monoisotopic (exact) mass is 201 g/mol. The zero-order chi connectivity index (χ0) is 10.7. The lowest BCUT2D eigenvalue weighted by molar-refractivity contribution is 0.0999. The summed E-state index contributed by atoms with van der Waals surface area (Å²) < 4.78 is 0. The Bertz CT molecular complexity index is 407. The first kappa shape index (κ1) is 10.1. The van der Waals surface area contributed by atoms with Gasteiger partial charge in [-0.2, -0.15) is 0 Å². The highest BCUT2D eigenvalue weighted by Gasteiger charge is 2.18. The van der Waals surface area contributed by atoms with Gasteiger partial charge >= 0.3 is 0 Å². The normalized spacial score (nSPS) is 14.7. The Morgan fingerprint density at radius 1 is 1.33 bits per heavy atom. The van der Waals surface area contributed by atoms with Crippen molar-refractivity contribution in [1.82, 2.24) is 0 Å². The van der Waals surface area contributed by atoms with Crippen molar-refractivity contribution in [2.75, 3.05) is 0 Å². The molecular formula is C13H15NO. The topological polar surface area (TPSA) is 29.4 Å². The first-order valence-corrected chi connectivity index (χ1v) is 5.50. The molecule has 1 aliphatic rings. The highest BCUT2D eigenvalue weighted by atomic mass is 16.1. The van der Waals surface area contributed by atoms with Gasteiger partial charge in [0.25, 0.3) is 0 Å². The lowest BCUT2D eigenvalue weighted by atomic mass is 9.98. The second kappa shape index (κ2) is 4.39. The lowest BCUT2D eigenvalue weighted by Crippen LogP contribution is -2.12. The van der Waals surface area contributed by atoms with Gasteiger partial charge in [-0.15, -0.1) is 0 Å². The van der Waals surface area contributed by atoms with Crippen molar-refractivity contribution in [3.8, 4) is 0 Å². The third-order valence-electron chi connectivity index (χ3n) is 2.67. The maximum absolute atomic E-state index is 11.8. The van der Waals surface area contributed by atoms with Crippen LogP contribution in [0.25, 0.3) is 0 Å². The summed E-state index contributed by atoms with van der Waals surface area (Å²) >= 11 is 0. The summed E-state index contributed by atoms with van der Waals surface area (Å²) in [5, 5.41) is 0. The summed E-state index contributed by atoms with van der Waals surface area (Å²) in [7, 11) is 0. The van der Waals surface area contributed by atoms with Gasteiger partial charge in [-0.25, -0.2) is 0 Å². The summed E-state index contributed by atoms with van der Waals surface area (Å²) in [4.78, 5) is 16.3. The van der Waals surface area contributed by atoms with E-state index in [4.69, 9.17) is 0 Å². The molecule has 0 aromatic heterocycles. The fourth-order valence-electron chi connectivity index (χ4n) is 1.82. The molecule has 2 heteroatoms. The van der Waals surface area contributed by atoms with Crippen molar-refractivity contribution in [2.24, 2.45) is 4.99 Å². The molecule has 0 radical (unpaired) electrons. The number of unbranched alkanes of at least 4 members (excludes halogenated alkanes) is 1. The minimum atomic E-state index is 0.215. The number of ketones is 1. The zero-order valence-corrected chi connectivity index (χ0v) is 8.99. The van der Waals surface area contributed by atoms with Gasteiger partial charge in [0.05, 0.1) is 5.69 Å². The quantitative estimate of drug-likeness (QED) is 0.735. The standard InChI is InChI=1S/C13H15NO/c1-2-3-6-10-9-13(15)11-7-4-5-8-12(11)14-10/h4-5,7-8H,2-3,6,9H2,1H3. The molecule has 0 saturated carbocycles. The number of fused-ring (bicyclic) bond motifs is 1. The van der Waals surface area contributed by atoms with Crippen molar-refractivity contribution in [3.63, 3.8) is 0 Å². The summed E-state index contributed by atoms with van der Waals surface area (Å²) in [6, 6.07) is 7.60. The third kappa shape index (κ3) is 2.14. The fraction of sp³-hybridized carbons (Fsp3) is 0.385. The van der Waals surface area contributed by atoms with Gasteiger partial charge in [-0.05, 0) is 25.0 Å². The second-order valence-corrected chi connectivity index (χ2v) is 3.90. The van der Waals surface area contributed by atoms with Crippen LogP contribution in [-0.2, 0) is 0 Å². The molecule has 0 atom stereocenters. The van der Waals surface area contributed by atoms with Crippen molar-refractivity contribution in [1.29, 1.82) is 0 Å². The number of carbonyl (C=O) groups excluding carboxylic acids is 1. The van der Waals surface area contributed by atoms with Crippen LogP contribution < -0.4 is 0 Å². The fourth-order valence-corrected chi connectivity index (χ4v) is 1.82. The average molecular weight is 201 g/mol. The van der Waals surface area contributed by atoms with E-state index in [1.807, 2.05) is 24.3 Å². The van der Waals surface area contributed by atoms with Gasteiger partial charge in [0, 0.05) is 17.7 Å². The SMILES string of the molecule is CCCCC1=Nc2ccccc2C(=O)C1. The van der Waals surface area contributed by atoms with Gasteiger partial charge in [0.1, 0.15) is 0 Å². The maximum atomic E-state index is 11.8. The molecule has 0 aliphatic carbocycles. The average Bonchev–Trinajstić information content (AvgIpc) is 2.26. The minimum absolute atomic E-state index is 0.215. The molecule has 78 valence electrons. The number of para-hydroxylation sites is 1. The van der Waals surface area contributed by atoms with E-state index < -0.39 is 0 Å². The number of nitrogens with zero attached hydrogens (tertiary/aromatic N) is 1. The van der Waals surface area contributed by atoms with Gasteiger partial charge in [-0.1, -0.05) is 25.5 Å². The van der Waals surface area contributed by atoms with Crippen LogP contribution in [-0.4, -0.2) is 11.5 Å². The van der Waals surface area contributed by atoms with E-state index in [2.05, 4.69) is 11.9 Å². The van der Waals surface area contributed by atoms with Gasteiger partial charge in [0.2, 0.25) is 0 Å². The highest BCUT2D eigenvalue weighted by molar-refractivity contribution is 6.15. The van der Waals surface area contributed by atoms with Crippen LogP contribution >= 0.6 is 0 Å². The van der Waals surface area contributed by atoms with Crippen LogP contribution in [0.15, 0.2) is 29.3 Å². The summed E-state index contributed by atoms with van der Waals surface area (Å²) in [5.74, 6) is 0.215. The number of Topliss-reactive ketones (excluding diaryl/α,β-unsaturated/α-hetero) is 1. The van der Waals surface area contributed by atoms with Crippen LogP contribution in [0.5, 0.6) is 0 Å². The van der Waals surface area contributed by atoms with E-state index >= 15 is 0 Å². The van der Waals surface area contributed by atoms with E-state index in [0.717, 1.165) is 36.2 Å². The molecule has 0 saturated heterocycles. The van der Waals surface area contributed by atoms with E-state index in [0.29, 0.717) is 6.42 Å². The smallest absolute Gasteiger partial charge is 0.170 e. The Balaban J connectivity index is 2.26. The molecule has 1 heterocycles. The van der Waals surface area contributed by atoms with Crippen molar-refractivity contribution in [2.45, 2.75) is 32.6 Å². The van der Waals surface area contributed by atoms with Crippen LogP contribution in [0.2, 0.25) is 0 Å².